The van der Waals surface area contributed by atoms with Gasteiger partial charge in [-0.3, -0.25) is 0 Å². The molecule has 3 atom stereocenters. The van der Waals surface area contributed by atoms with Gasteiger partial charge in [-0.1, -0.05) is 39.0 Å². The number of nitrogens with one attached hydrogen (secondary N) is 1. The van der Waals surface area contributed by atoms with E-state index in [0.717, 1.165) is 19.0 Å². The van der Waals surface area contributed by atoms with Crippen molar-refractivity contribution in [2.24, 2.45) is 11.8 Å². The van der Waals surface area contributed by atoms with Crippen LogP contribution in [0.5, 0.6) is 0 Å². The van der Waals surface area contributed by atoms with Crippen molar-refractivity contribution in [3.05, 3.63) is 29.8 Å². The first-order valence-electron chi connectivity index (χ1n) is 7.68. The van der Waals surface area contributed by atoms with E-state index < -0.39 is 0 Å². The first kappa shape index (κ1) is 14.4. The summed E-state index contributed by atoms with van der Waals surface area (Å²) in [6.45, 7) is 12.6. The molecule has 1 aliphatic heterocycles. The Labute approximate surface area is 118 Å². The van der Waals surface area contributed by atoms with Gasteiger partial charge in [-0.05, 0) is 49.9 Å². The SMILES string of the molecule is CCNCC(C)C(C)N1CC(C)Cc2ccccc21. The molecule has 2 nitrogen and oxygen atoms in total. The molecule has 19 heavy (non-hydrogen) atoms. The molecular formula is C17H28N2. The largest absolute Gasteiger partial charge is 0.368 e. The molecule has 1 aromatic carbocycles. The summed E-state index contributed by atoms with van der Waals surface area (Å²) < 4.78 is 0. The molecule has 0 saturated heterocycles. The van der Waals surface area contributed by atoms with Crippen LogP contribution in [0.2, 0.25) is 0 Å². The van der Waals surface area contributed by atoms with Crippen molar-refractivity contribution in [2.75, 3.05) is 24.5 Å². The van der Waals surface area contributed by atoms with Crippen LogP contribution >= 0.6 is 0 Å². The van der Waals surface area contributed by atoms with Gasteiger partial charge in [-0.25, -0.2) is 0 Å². The predicted molar refractivity (Wildman–Crippen MR) is 83.8 cm³/mol. The maximum atomic E-state index is 3.48. The predicted octanol–water partition coefficient (Wildman–Crippen LogP) is 3.32. The van der Waals surface area contributed by atoms with Crippen molar-refractivity contribution in [1.82, 2.24) is 5.32 Å². The molecular weight excluding hydrogens is 232 g/mol. The zero-order valence-corrected chi connectivity index (χ0v) is 12.8. The summed E-state index contributed by atoms with van der Waals surface area (Å²) >= 11 is 0. The van der Waals surface area contributed by atoms with E-state index >= 15 is 0 Å². The highest BCUT2D eigenvalue weighted by Gasteiger charge is 2.27. The lowest BCUT2D eigenvalue weighted by Crippen LogP contribution is -2.46. The fraction of sp³-hybridized carbons (Fsp3) is 0.647. The molecule has 0 spiro atoms. The summed E-state index contributed by atoms with van der Waals surface area (Å²) in [7, 11) is 0. The molecule has 0 saturated carbocycles. The number of benzene rings is 1. The summed E-state index contributed by atoms with van der Waals surface area (Å²) in [5.74, 6) is 1.42. The highest BCUT2D eigenvalue weighted by atomic mass is 15.2. The van der Waals surface area contributed by atoms with Crippen LogP contribution < -0.4 is 10.2 Å². The van der Waals surface area contributed by atoms with Crippen molar-refractivity contribution in [3.8, 4) is 0 Å². The smallest absolute Gasteiger partial charge is 0.0401 e. The number of rotatable bonds is 5. The van der Waals surface area contributed by atoms with Gasteiger partial charge in [-0.2, -0.15) is 0 Å². The maximum Gasteiger partial charge on any atom is 0.0401 e. The molecule has 1 aromatic rings. The van der Waals surface area contributed by atoms with Crippen molar-refractivity contribution >= 4 is 5.69 Å². The third-order valence-corrected chi connectivity index (χ3v) is 4.41. The Bertz CT molecular complexity index is 402. The van der Waals surface area contributed by atoms with Crippen LogP contribution in [0.4, 0.5) is 5.69 Å². The van der Waals surface area contributed by atoms with Gasteiger partial charge >= 0.3 is 0 Å². The molecule has 0 radical (unpaired) electrons. The van der Waals surface area contributed by atoms with E-state index in [-0.39, 0.29) is 0 Å². The zero-order chi connectivity index (χ0) is 13.8. The number of fused-ring (bicyclic) bond motifs is 1. The Morgan fingerprint density at radius 3 is 2.79 bits per heavy atom. The second-order valence-corrected chi connectivity index (χ2v) is 6.12. The first-order valence-corrected chi connectivity index (χ1v) is 7.68. The van der Waals surface area contributed by atoms with Gasteiger partial charge in [0.1, 0.15) is 0 Å². The number of para-hydroxylation sites is 1. The van der Waals surface area contributed by atoms with E-state index in [1.807, 2.05) is 0 Å². The van der Waals surface area contributed by atoms with Crippen LogP contribution in [0.1, 0.15) is 33.3 Å². The molecule has 0 aromatic heterocycles. The van der Waals surface area contributed by atoms with E-state index in [2.05, 4.69) is 62.2 Å². The van der Waals surface area contributed by atoms with Crippen LogP contribution in [-0.4, -0.2) is 25.7 Å². The van der Waals surface area contributed by atoms with Gasteiger partial charge in [0.05, 0.1) is 0 Å². The number of anilines is 1. The molecule has 0 amide bonds. The van der Waals surface area contributed by atoms with Gasteiger partial charge in [0, 0.05) is 18.3 Å². The second-order valence-electron chi connectivity index (χ2n) is 6.12. The maximum absolute atomic E-state index is 3.48. The molecule has 0 aliphatic carbocycles. The Morgan fingerprint density at radius 1 is 1.32 bits per heavy atom. The summed E-state index contributed by atoms with van der Waals surface area (Å²) in [5, 5.41) is 3.48. The van der Waals surface area contributed by atoms with Crippen molar-refractivity contribution in [3.63, 3.8) is 0 Å². The number of nitrogens with zero attached hydrogens (tertiary/aromatic N) is 1. The minimum absolute atomic E-state index is 0.586. The fourth-order valence-corrected chi connectivity index (χ4v) is 3.07. The third kappa shape index (κ3) is 3.30. The molecule has 1 N–H and O–H groups in total. The van der Waals surface area contributed by atoms with Crippen LogP contribution in [0, 0.1) is 11.8 Å². The Morgan fingerprint density at radius 2 is 2.05 bits per heavy atom. The van der Waals surface area contributed by atoms with E-state index in [1.165, 1.54) is 24.2 Å². The number of hydrogen-bond acceptors (Lipinski definition) is 2. The Hall–Kier alpha value is -1.02. The topological polar surface area (TPSA) is 15.3 Å². The quantitative estimate of drug-likeness (QED) is 0.873. The Kier molecular flexibility index (Phi) is 4.87. The highest BCUT2D eigenvalue weighted by molar-refractivity contribution is 5.56. The molecule has 2 rings (SSSR count). The van der Waals surface area contributed by atoms with Crippen LogP contribution in [-0.2, 0) is 6.42 Å². The van der Waals surface area contributed by atoms with Gasteiger partial charge in [0.2, 0.25) is 0 Å². The summed E-state index contributed by atoms with van der Waals surface area (Å²) in [6.07, 6.45) is 1.22. The van der Waals surface area contributed by atoms with Gasteiger partial charge < -0.3 is 10.2 Å². The van der Waals surface area contributed by atoms with Gasteiger partial charge in [0.15, 0.2) is 0 Å². The van der Waals surface area contributed by atoms with Crippen molar-refractivity contribution in [1.29, 1.82) is 0 Å². The summed E-state index contributed by atoms with van der Waals surface area (Å²) in [4.78, 5) is 2.62. The normalized spacial score (nSPS) is 21.9. The second kappa shape index (κ2) is 6.42. The van der Waals surface area contributed by atoms with E-state index in [0.29, 0.717) is 12.0 Å². The minimum atomic E-state index is 0.586. The molecule has 1 heterocycles. The van der Waals surface area contributed by atoms with E-state index in [4.69, 9.17) is 0 Å². The lowest BCUT2D eigenvalue weighted by Gasteiger charge is -2.41. The summed E-state index contributed by atoms with van der Waals surface area (Å²) in [5.41, 5.74) is 2.97. The molecule has 1 aliphatic rings. The lowest BCUT2D eigenvalue weighted by atomic mass is 9.90. The van der Waals surface area contributed by atoms with Crippen LogP contribution in [0.25, 0.3) is 0 Å². The van der Waals surface area contributed by atoms with E-state index in [9.17, 15) is 0 Å². The fourth-order valence-electron chi connectivity index (χ4n) is 3.07. The Balaban J connectivity index is 2.15. The first-order chi connectivity index (χ1) is 9.13. The third-order valence-electron chi connectivity index (χ3n) is 4.41. The van der Waals surface area contributed by atoms with Crippen LogP contribution in [0.3, 0.4) is 0 Å². The van der Waals surface area contributed by atoms with E-state index in [1.54, 1.807) is 0 Å². The molecule has 3 unspecified atom stereocenters. The molecule has 106 valence electrons. The van der Waals surface area contributed by atoms with Crippen LogP contribution in [0.15, 0.2) is 24.3 Å². The van der Waals surface area contributed by atoms with Crippen molar-refractivity contribution < 1.29 is 0 Å². The average molecular weight is 260 g/mol. The zero-order valence-electron chi connectivity index (χ0n) is 12.8. The molecule has 0 fully saturated rings. The molecule has 0 bridgehead atoms. The highest BCUT2D eigenvalue weighted by Crippen LogP contribution is 2.32. The number of hydrogen-bond donors (Lipinski definition) is 1. The monoisotopic (exact) mass is 260 g/mol. The van der Waals surface area contributed by atoms with Gasteiger partial charge in [-0.15, -0.1) is 0 Å². The summed E-state index contributed by atoms with van der Waals surface area (Å²) in [6, 6.07) is 9.51. The lowest BCUT2D eigenvalue weighted by molar-refractivity contribution is 0.395. The average Bonchev–Trinajstić information content (AvgIpc) is 2.42. The van der Waals surface area contributed by atoms with Gasteiger partial charge in [0.25, 0.3) is 0 Å². The van der Waals surface area contributed by atoms with Crippen molar-refractivity contribution in [2.45, 2.75) is 40.2 Å². The standard InChI is InChI=1S/C17H28N2/c1-5-18-11-14(3)15(4)19-12-13(2)10-16-8-6-7-9-17(16)19/h6-9,13-15,18H,5,10-12H2,1-4H3. The molecule has 2 heteroatoms. The minimum Gasteiger partial charge on any atom is -0.368 e.